The van der Waals surface area contributed by atoms with E-state index in [9.17, 15) is 32.8 Å². The van der Waals surface area contributed by atoms with Crippen molar-refractivity contribution in [3.05, 3.63) is 76.5 Å². The lowest BCUT2D eigenvalue weighted by atomic mass is 9.73. The maximum absolute atomic E-state index is 14.3. The Kier molecular flexibility index (Phi) is 7.27. The monoisotopic (exact) mass is 550 g/mol. The summed E-state index contributed by atoms with van der Waals surface area (Å²) in [5, 5.41) is 9.27. The fourth-order valence-corrected chi connectivity index (χ4v) is 6.34. The third-order valence-electron chi connectivity index (χ3n) is 8.23. The molecular formula is C30H29F3N4O3. The molecule has 3 atom stereocenters. The largest absolute Gasteiger partial charge is 0.416 e. The van der Waals surface area contributed by atoms with Gasteiger partial charge < -0.3 is 4.90 Å². The summed E-state index contributed by atoms with van der Waals surface area (Å²) in [5.74, 6) is -3.84. The Morgan fingerprint density at radius 1 is 1.05 bits per heavy atom. The fourth-order valence-electron chi connectivity index (χ4n) is 6.34. The highest BCUT2D eigenvalue weighted by Crippen LogP contribution is 2.44. The van der Waals surface area contributed by atoms with E-state index in [1.54, 1.807) is 29.2 Å². The van der Waals surface area contributed by atoms with Crippen molar-refractivity contribution in [2.24, 2.45) is 5.92 Å². The SMILES string of the molecule is CC(=O)C1=C(C)N(c2cccc(C(F)(F)F)c2)C(=O)C(C(=O)N2CCN3CCCC3C2)C1c1ccc(C#N)cc1. The normalized spacial score (nSPS) is 23.7. The number of nitriles is 1. The van der Waals surface area contributed by atoms with Gasteiger partial charge in [-0.25, -0.2) is 0 Å². The lowest BCUT2D eigenvalue weighted by Crippen LogP contribution is -2.57. The van der Waals surface area contributed by atoms with Gasteiger partial charge in [-0.15, -0.1) is 0 Å². The van der Waals surface area contributed by atoms with Crippen molar-refractivity contribution in [3.63, 3.8) is 0 Å². The molecule has 3 aliphatic heterocycles. The minimum atomic E-state index is -4.64. The molecular weight excluding hydrogens is 521 g/mol. The summed E-state index contributed by atoms with van der Waals surface area (Å²) in [6, 6.07) is 12.9. The molecule has 3 unspecified atom stereocenters. The number of amides is 2. The maximum Gasteiger partial charge on any atom is 0.416 e. The Morgan fingerprint density at radius 3 is 2.42 bits per heavy atom. The number of alkyl halides is 3. The van der Waals surface area contributed by atoms with Crippen LogP contribution >= 0.6 is 0 Å². The first-order valence-corrected chi connectivity index (χ1v) is 13.3. The van der Waals surface area contributed by atoms with Crippen molar-refractivity contribution < 1.29 is 27.6 Å². The molecule has 3 heterocycles. The third kappa shape index (κ3) is 4.90. The molecule has 2 amide bonds. The lowest BCUT2D eigenvalue weighted by Gasteiger charge is -2.43. The van der Waals surface area contributed by atoms with Crippen LogP contribution in [0.2, 0.25) is 0 Å². The molecule has 0 bridgehead atoms. The second-order valence-corrected chi connectivity index (χ2v) is 10.6. The average molecular weight is 551 g/mol. The van der Waals surface area contributed by atoms with E-state index in [1.807, 2.05) is 6.07 Å². The Hall–Kier alpha value is -3.97. The van der Waals surface area contributed by atoms with Gasteiger partial charge in [-0.2, -0.15) is 18.4 Å². The van der Waals surface area contributed by atoms with Crippen molar-refractivity contribution in [1.82, 2.24) is 9.80 Å². The lowest BCUT2D eigenvalue weighted by molar-refractivity contribution is -0.144. The molecule has 0 aliphatic carbocycles. The summed E-state index contributed by atoms with van der Waals surface area (Å²) >= 11 is 0. The molecule has 208 valence electrons. The van der Waals surface area contributed by atoms with E-state index in [4.69, 9.17) is 0 Å². The highest BCUT2D eigenvalue weighted by Gasteiger charge is 2.49. The van der Waals surface area contributed by atoms with Crippen molar-refractivity contribution >= 4 is 23.3 Å². The van der Waals surface area contributed by atoms with Gasteiger partial charge in [0.15, 0.2) is 5.78 Å². The van der Waals surface area contributed by atoms with E-state index in [1.165, 1.54) is 26.0 Å². The van der Waals surface area contributed by atoms with Crippen LogP contribution in [-0.4, -0.2) is 59.6 Å². The van der Waals surface area contributed by atoms with Crippen LogP contribution in [0.4, 0.5) is 18.9 Å². The van der Waals surface area contributed by atoms with Crippen LogP contribution in [0.3, 0.4) is 0 Å². The zero-order valence-corrected chi connectivity index (χ0v) is 22.2. The van der Waals surface area contributed by atoms with Crippen LogP contribution in [0, 0.1) is 17.2 Å². The van der Waals surface area contributed by atoms with Gasteiger partial charge in [0.2, 0.25) is 11.8 Å². The molecule has 7 nitrogen and oxygen atoms in total. The van der Waals surface area contributed by atoms with E-state index in [2.05, 4.69) is 4.90 Å². The number of hydrogen-bond acceptors (Lipinski definition) is 5. The second-order valence-electron chi connectivity index (χ2n) is 10.6. The molecule has 0 spiro atoms. The summed E-state index contributed by atoms with van der Waals surface area (Å²) < 4.78 is 40.7. The third-order valence-corrected chi connectivity index (χ3v) is 8.23. The number of hydrogen-bond donors (Lipinski definition) is 0. The number of carbonyl (C=O) groups excluding carboxylic acids is 3. The van der Waals surface area contributed by atoms with Gasteiger partial charge in [-0.3, -0.25) is 24.2 Å². The average Bonchev–Trinajstić information content (AvgIpc) is 3.40. The standard InChI is InChI=1S/C30H29F3N4O3/c1-18-25(19(2)38)26(21-10-8-20(16-34)9-11-21)27(28(39)36-14-13-35-12-4-7-24(35)17-36)29(40)37(18)23-6-3-5-22(15-23)30(31,32)33/h3,5-6,8-11,15,24,26-27H,4,7,12-14,17H2,1-2H3. The first-order chi connectivity index (χ1) is 19.0. The molecule has 2 fully saturated rings. The second kappa shape index (κ2) is 10.5. The minimum Gasteiger partial charge on any atom is -0.339 e. The molecule has 0 radical (unpaired) electrons. The smallest absolute Gasteiger partial charge is 0.339 e. The van der Waals surface area contributed by atoms with E-state index >= 15 is 0 Å². The number of piperazine rings is 1. The molecule has 2 aromatic carbocycles. The number of ketones is 1. The summed E-state index contributed by atoms with van der Waals surface area (Å²) in [5.41, 5.74) is 0.243. The van der Waals surface area contributed by atoms with Crippen LogP contribution in [-0.2, 0) is 20.6 Å². The zero-order valence-electron chi connectivity index (χ0n) is 22.2. The van der Waals surface area contributed by atoms with Crippen LogP contribution in [0.5, 0.6) is 0 Å². The van der Waals surface area contributed by atoms with E-state index in [-0.39, 0.29) is 23.0 Å². The van der Waals surface area contributed by atoms with Gasteiger partial charge in [0.05, 0.1) is 17.2 Å². The first-order valence-electron chi connectivity index (χ1n) is 13.3. The molecule has 2 aromatic rings. The zero-order chi connectivity index (χ0) is 28.8. The minimum absolute atomic E-state index is 0.0623. The summed E-state index contributed by atoms with van der Waals surface area (Å²) in [6.45, 7) is 5.34. The number of nitrogens with zero attached hydrogens (tertiary/aromatic N) is 4. The number of anilines is 1. The predicted octanol–water partition coefficient (Wildman–Crippen LogP) is 4.49. The Morgan fingerprint density at radius 2 is 1.77 bits per heavy atom. The topological polar surface area (TPSA) is 84.7 Å². The number of allylic oxidation sites excluding steroid dienone is 2. The molecule has 0 aromatic heterocycles. The molecule has 2 saturated heterocycles. The molecule has 0 N–H and O–H groups in total. The van der Waals surface area contributed by atoms with E-state index in [0.29, 0.717) is 30.8 Å². The number of carbonyl (C=O) groups is 3. The van der Waals surface area contributed by atoms with Gasteiger partial charge in [0, 0.05) is 48.6 Å². The number of halogens is 3. The van der Waals surface area contributed by atoms with Crippen LogP contribution < -0.4 is 4.90 Å². The van der Waals surface area contributed by atoms with Gasteiger partial charge in [0.25, 0.3) is 0 Å². The maximum atomic E-state index is 14.3. The van der Waals surface area contributed by atoms with Crippen LogP contribution in [0.1, 0.15) is 49.3 Å². The van der Waals surface area contributed by atoms with Crippen molar-refractivity contribution in [2.45, 2.75) is 44.8 Å². The summed E-state index contributed by atoms with van der Waals surface area (Å²) in [6.07, 6.45) is -2.67. The first kappa shape index (κ1) is 27.6. The molecule has 0 saturated carbocycles. The molecule has 3 aliphatic rings. The Balaban J connectivity index is 1.65. The molecule has 40 heavy (non-hydrogen) atoms. The van der Waals surface area contributed by atoms with Crippen molar-refractivity contribution in [3.8, 4) is 6.07 Å². The molecule has 5 rings (SSSR count). The highest BCUT2D eigenvalue weighted by molar-refractivity contribution is 6.15. The highest BCUT2D eigenvalue weighted by atomic mass is 19.4. The van der Waals surface area contributed by atoms with Gasteiger partial charge in [0.1, 0.15) is 5.92 Å². The number of Topliss-reactive ketones (excluding diaryl/α,β-unsaturated/α-hetero) is 1. The van der Waals surface area contributed by atoms with Gasteiger partial charge in [-0.05, 0) is 69.1 Å². The Bertz CT molecular complexity index is 1430. The quantitative estimate of drug-likeness (QED) is 0.524. The van der Waals surface area contributed by atoms with E-state index < -0.39 is 41.2 Å². The predicted molar refractivity (Wildman–Crippen MR) is 141 cm³/mol. The molecule has 10 heteroatoms. The fraction of sp³-hybridized carbons (Fsp3) is 0.400. The summed E-state index contributed by atoms with van der Waals surface area (Å²) in [7, 11) is 0. The number of rotatable bonds is 4. The van der Waals surface area contributed by atoms with Gasteiger partial charge in [-0.1, -0.05) is 18.2 Å². The Labute approximate surface area is 230 Å². The number of fused-ring (bicyclic) bond motifs is 1. The van der Waals surface area contributed by atoms with Crippen molar-refractivity contribution in [1.29, 1.82) is 5.26 Å². The summed E-state index contributed by atoms with van der Waals surface area (Å²) in [4.78, 5) is 46.7. The number of benzene rings is 2. The van der Waals surface area contributed by atoms with Crippen LogP contribution in [0.25, 0.3) is 0 Å². The van der Waals surface area contributed by atoms with Crippen molar-refractivity contribution in [2.75, 3.05) is 31.1 Å². The van der Waals surface area contributed by atoms with E-state index in [0.717, 1.165) is 36.4 Å². The van der Waals surface area contributed by atoms with Crippen LogP contribution in [0.15, 0.2) is 59.8 Å². The van der Waals surface area contributed by atoms with Gasteiger partial charge >= 0.3 is 6.18 Å².